The highest BCUT2D eigenvalue weighted by atomic mass is 16.5. The standard InChI is InChI=1S/C15H24N2O2/c1-4-14(16)12-7-9-13(10-8-12)19-11-5-6-15(18)17(2)3/h7-10,14H,4-6,11,16H2,1-3H3. The number of nitrogens with two attached hydrogens (primary N) is 1. The minimum atomic E-state index is 0.0896. The number of nitrogens with zero attached hydrogens (tertiary/aromatic N) is 1. The van der Waals surface area contributed by atoms with Crippen molar-refractivity contribution in [3.63, 3.8) is 0 Å². The van der Waals surface area contributed by atoms with Crippen LogP contribution in [0.3, 0.4) is 0 Å². The number of rotatable bonds is 7. The maximum atomic E-state index is 11.4. The van der Waals surface area contributed by atoms with Crippen LogP contribution in [0.1, 0.15) is 37.8 Å². The molecule has 0 aliphatic carbocycles. The van der Waals surface area contributed by atoms with Gasteiger partial charge in [0.15, 0.2) is 0 Å². The van der Waals surface area contributed by atoms with Crippen LogP contribution >= 0.6 is 0 Å². The maximum Gasteiger partial charge on any atom is 0.222 e. The zero-order valence-corrected chi connectivity index (χ0v) is 12.1. The molecule has 19 heavy (non-hydrogen) atoms. The summed E-state index contributed by atoms with van der Waals surface area (Å²) in [6, 6.07) is 7.94. The van der Waals surface area contributed by atoms with Gasteiger partial charge in [-0.15, -0.1) is 0 Å². The summed E-state index contributed by atoms with van der Waals surface area (Å²) in [5, 5.41) is 0. The van der Waals surface area contributed by atoms with Gasteiger partial charge < -0.3 is 15.4 Å². The lowest BCUT2D eigenvalue weighted by molar-refractivity contribution is -0.128. The average Bonchev–Trinajstić information content (AvgIpc) is 2.43. The van der Waals surface area contributed by atoms with Crippen molar-refractivity contribution in [2.45, 2.75) is 32.2 Å². The van der Waals surface area contributed by atoms with Crippen LogP contribution in [-0.4, -0.2) is 31.5 Å². The summed E-state index contributed by atoms with van der Waals surface area (Å²) in [6.07, 6.45) is 2.17. The second-order valence-electron chi connectivity index (χ2n) is 4.82. The Kier molecular flexibility index (Phi) is 6.36. The van der Waals surface area contributed by atoms with Crippen molar-refractivity contribution >= 4 is 5.91 Å². The number of hydrogen-bond donors (Lipinski definition) is 1. The van der Waals surface area contributed by atoms with Gasteiger partial charge in [0.2, 0.25) is 5.91 Å². The van der Waals surface area contributed by atoms with Gasteiger partial charge in [-0.05, 0) is 30.5 Å². The molecule has 0 fully saturated rings. The molecule has 1 unspecified atom stereocenters. The zero-order chi connectivity index (χ0) is 14.3. The fourth-order valence-electron chi connectivity index (χ4n) is 1.68. The molecule has 1 rings (SSSR count). The quantitative estimate of drug-likeness (QED) is 0.769. The van der Waals surface area contributed by atoms with Crippen LogP contribution in [0.2, 0.25) is 0 Å². The van der Waals surface area contributed by atoms with E-state index in [4.69, 9.17) is 10.5 Å². The first kappa shape index (κ1) is 15.5. The normalized spacial score (nSPS) is 12.0. The van der Waals surface area contributed by atoms with Gasteiger partial charge in [0.25, 0.3) is 0 Å². The molecule has 4 nitrogen and oxygen atoms in total. The predicted molar refractivity (Wildman–Crippen MR) is 77.1 cm³/mol. The fourth-order valence-corrected chi connectivity index (χ4v) is 1.68. The summed E-state index contributed by atoms with van der Waals surface area (Å²) in [4.78, 5) is 13.0. The van der Waals surface area contributed by atoms with E-state index >= 15 is 0 Å². The van der Waals surface area contributed by atoms with Gasteiger partial charge in [0, 0.05) is 26.6 Å². The van der Waals surface area contributed by atoms with Crippen LogP contribution in [0.25, 0.3) is 0 Å². The molecule has 1 atom stereocenters. The molecule has 1 aromatic carbocycles. The van der Waals surface area contributed by atoms with Crippen molar-refractivity contribution < 1.29 is 9.53 Å². The van der Waals surface area contributed by atoms with Gasteiger partial charge in [-0.1, -0.05) is 19.1 Å². The van der Waals surface area contributed by atoms with E-state index in [9.17, 15) is 4.79 Å². The largest absolute Gasteiger partial charge is 0.494 e. The van der Waals surface area contributed by atoms with Crippen molar-refractivity contribution in [3.05, 3.63) is 29.8 Å². The highest BCUT2D eigenvalue weighted by molar-refractivity contribution is 5.75. The van der Waals surface area contributed by atoms with Crippen molar-refractivity contribution in [2.24, 2.45) is 5.73 Å². The molecule has 0 saturated carbocycles. The van der Waals surface area contributed by atoms with Crippen molar-refractivity contribution in [1.82, 2.24) is 4.90 Å². The van der Waals surface area contributed by atoms with E-state index in [1.54, 1.807) is 19.0 Å². The Morgan fingerprint density at radius 3 is 2.47 bits per heavy atom. The number of carbonyl (C=O) groups excluding carboxylic acids is 1. The van der Waals surface area contributed by atoms with Gasteiger partial charge in [-0.25, -0.2) is 0 Å². The molecule has 0 saturated heterocycles. The van der Waals surface area contributed by atoms with Crippen LogP contribution in [0.4, 0.5) is 0 Å². The number of hydrogen-bond acceptors (Lipinski definition) is 3. The summed E-state index contributed by atoms with van der Waals surface area (Å²) in [6.45, 7) is 2.62. The Hall–Kier alpha value is -1.55. The minimum Gasteiger partial charge on any atom is -0.494 e. The maximum absolute atomic E-state index is 11.4. The van der Waals surface area contributed by atoms with Gasteiger partial charge in [-0.3, -0.25) is 4.79 Å². The second-order valence-corrected chi connectivity index (χ2v) is 4.82. The lowest BCUT2D eigenvalue weighted by Gasteiger charge is -2.12. The molecule has 0 aliphatic heterocycles. The minimum absolute atomic E-state index is 0.0896. The van der Waals surface area contributed by atoms with Crippen LogP contribution in [0.15, 0.2) is 24.3 Å². The summed E-state index contributed by atoms with van der Waals surface area (Å²) in [5.41, 5.74) is 7.07. The molecule has 0 spiro atoms. The summed E-state index contributed by atoms with van der Waals surface area (Å²) < 4.78 is 5.59. The highest BCUT2D eigenvalue weighted by Gasteiger charge is 2.05. The molecule has 1 aromatic rings. The van der Waals surface area contributed by atoms with Crippen molar-refractivity contribution in [1.29, 1.82) is 0 Å². The van der Waals surface area contributed by atoms with E-state index in [1.807, 2.05) is 24.3 Å². The van der Waals surface area contributed by atoms with Crippen LogP contribution in [0, 0.1) is 0 Å². The Bertz CT molecular complexity index is 388. The first-order valence-corrected chi connectivity index (χ1v) is 6.73. The highest BCUT2D eigenvalue weighted by Crippen LogP contribution is 2.18. The molecule has 0 heterocycles. The smallest absolute Gasteiger partial charge is 0.222 e. The molecule has 0 aromatic heterocycles. The summed E-state index contributed by atoms with van der Waals surface area (Å²) in [5.74, 6) is 0.956. The first-order valence-electron chi connectivity index (χ1n) is 6.73. The Labute approximate surface area is 115 Å². The number of carbonyl (C=O) groups is 1. The lowest BCUT2D eigenvalue weighted by atomic mass is 10.1. The second kappa shape index (κ2) is 7.79. The van der Waals surface area contributed by atoms with Crippen LogP contribution in [0.5, 0.6) is 5.75 Å². The summed E-state index contributed by atoms with van der Waals surface area (Å²) >= 11 is 0. The zero-order valence-electron chi connectivity index (χ0n) is 12.1. The topological polar surface area (TPSA) is 55.6 Å². The van der Waals surface area contributed by atoms with Gasteiger partial charge in [0.05, 0.1) is 6.61 Å². The molecular formula is C15H24N2O2. The molecule has 0 bridgehead atoms. The molecule has 0 radical (unpaired) electrons. The average molecular weight is 264 g/mol. The van der Waals surface area contributed by atoms with E-state index in [-0.39, 0.29) is 11.9 Å². The van der Waals surface area contributed by atoms with E-state index in [0.717, 1.165) is 24.2 Å². The number of amides is 1. The van der Waals surface area contributed by atoms with E-state index in [2.05, 4.69) is 6.92 Å². The van der Waals surface area contributed by atoms with E-state index in [0.29, 0.717) is 13.0 Å². The van der Waals surface area contributed by atoms with Crippen LogP contribution < -0.4 is 10.5 Å². The first-order chi connectivity index (χ1) is 9.04. The van der Waals surface area contributed by atoms with Gasteiger partial charge in [-0.2, -0.15) is 0 Å². The molecule has 1 amide bonds. The monoisotopic (exact) mass is 264 g/mol. The molecule has 106 valence electrons. The molecule has 0 aliphatic rings. The Balaban J connectivity index is 2.32. The van der Waals surface area contributed by atoms with Gasteiger partial charge >= 0.3 is 0 Å². The van der Waals surface area contributed by atoms with E-state index < -0.39 is 0 Å². The molecule has 4 heteroatoms. The van der Waals surface area contributed by atoms with Crippen molar-refractivity contribution in [2.75, 3.05) is 20.7 Å². The predicted octanol–water partition coefficient (Wildman–Crippen LogP) is 2.34. The van der Waals surface area contributed by atoms with E-state index in [1.165, 1.54) is 0 Å². The SMILES string of the molecule is CCC(N)c1ccc(OCCCC(=O)N(C)C)cc1. The fraction of sp³-hybridized carbons (Fsp3) is 0.533. The summed E-state index contributed by atoms with van der Waals surface area (Å²) in [7, 11) is 3.53. The molecular weight excluding hydrogens is 240 g/mol. The Morgan fingerprint density at radius 2 is 1.95 bits per heavy atom. The van der Waals surface area contributed by atoms with Crippen LogP contribution in [-0.2, 0) is 4.79 Å². The third-order valence-electron chi connectivity index (χ3n) is 3.05. The third kappa shape index (κ3) is 5.30. The number of benzene rings is 1. The number of ether oxygens (including phenoxy) is 1. The lowest BCUT2D eigenvalue weighted by Crippen LogP contribution is -2.21. The van der Waals surface area contributed by atoms with Gasteiger partial charge in [0.1, 0.15) is 5.75 Å². The Morgan fingerprint density at radius 1 is 1.32 bits per heavy atom. The van der Waals surface area contributed by atoms with Crippen molar-refractivity contribution in [3.8, 4) is 5.75 Å². The molecule has 2 N–H and O–H groups in total. The third-order valence-corrected chi connectivity index (χ3v) is 3.05.